The molecule has 0 fully saturated rings. The zero-order valence-corrected chi connectivity index (χ0v) is 20.5. The van der Waals surface area contributed by atoms with Crippen LogP contribution >= 0.6 is 0 Å². The monoisotopic (exact) mass is 458 g/mol. The zero-order valence-electron chi connectivity index (χ0n) is 20.5. The van der Waals surface area contributed by atoms with Crippen molar-refractivity contribution in [3.63, 3.8) is 0 Å². The van der Waals surface area contributed by atoms with E-state index in [1.165, 1.54) is 116 Å². The molecule has 0 unspecified atom stereocenters. The molecule has 0 aromatic rings. The zero-order chi connectivity index (χ0) is 23.5. The fraction of sp³-hybridized carbons (Fsp3) is 0.923. The van der Waals surface area contributed by atoms with E-state index in [9.17, 15) is 9.59 Å². The van der Waals surface area contributed by atoms with Crippen LogP contribution in [0.4, 0.5) is 9.59 Å². The third-order valence-electron chi connectivity index (χ3n) is 5.99. The third-order valence-corrected chi connectivity index (χ3v) is 5.99. The smallest absolute Gasteiger partial charge is 0.450 e. The molecule has 6 nitrogen and oxygen atoms in total. The van der Waals surface area contributed by atoms with E-state index in [0.717, 1.165) is 25.7 Å². The van der Waals surface area contributed by atoms with Crippen LogP contribution in [0.1, 0.15) is 141 Å². The van der Waals surface area contributed by atoms with Gasteiger partial charge >= 0.3 is 12.3 Å². The third kappa shape index (κ3) is 28.5. The van der Waals surface area contributed by atoms with Gasteiger partial charge in [-0.25, -0.2) is 9.59 Å². The van der Waals surface area contributed by atoms with E-state index in [-0.39, 0.29) is 0 Å². The van der Waals surface area contributed by atoms with E-state index in [4.69, 9.17) is 10.2 Å². The lowest BCUT2D eigenvalue weighted by molar-refractivity contribution is 0.0887. The topological polar surface area (TPSA) is 93.1 Å². The molecule has 0 radical (unpaired) electrons. The van der Waals surface area contributed by atoms with Crippen LogP contribution in [0.25, 0.3) is 0 Å². The summed E-state index contributed by atoms with van der Waals surface area (Å²) in [7, 11) is 0. The van der Waals surface area contributed by atoms with Crippen LogP contribution in [-0.4, -0.2) is 35.7 Å². The van der Waals surface area contributed by atoms with Gasteiger partial charge in [0.05, 0.1) is 13.2 Å². The largest absolute Gasteiger partial charge is 0.505 e. The van der Waals surface area contributed by atoms with E-state index in [1.807, 2.05) is 0 Å². The van der Waals surface area contributed by atoms with Crippen molar-refractivity contribution in [2.24, 2.45) is 0 Å². The summed E-state index contributed by atoms with van der Waals surface area (Å²) in [4.78, 5) is 20.4. The Morgan fingerprint density at radius 3 is 0.656 bits per heavy atom. The van der Waals surface area contributed by atoms with Crippen LogP contribution in [-0.2, 0) is 9.47 Å². The Morgan fingerprint density at radius 1 is 0.344 bits per heavy atom. The van der Waals surface area contributed by atoms with Gasteiger partial charge in [0.1, 0.15) is 0 Å². The van der Waals surface area contributed by atoms with Crippen LogP contribution in [0.15, 0.2) is 0 Å². The molecule has 0 aromatic carbocycles. The molecular weight excluding hydrogens is 408 g/mol. The molecule has 0 aliphatic heterocycles. The van der Waals surface area contributed by atoms with Crippen LogP contribution in [0, 0.1) is 0 Å². The predicted molar refractivity (Wildman–Crippen MR) is 130 cm³/mol. The molecule has 0 atom stereocenters. The molecule has 0 aliphatic carbocycles. The van der Waals surface area contributed by atoms with Gasteiger partial charge in [-0.05, 0) is 12.8 Å². The maximum Gasteiger partial charge on any atom is 0.505 e. The summed E-state index contributed by atoms with van der Waals surface area (Å²) >= 11 is 0. The summed E-state index contributed by atoms with van der Waals surface area (Å²) < 4.78 is 9.00. The highest BCUT2D eigenvalue weighted by Crippen LogP contribution is 2.15. The molecule has 0 saturated heterocycles. The lowest BCUT2D eigenvalue weighted by atomic mass is 10.0. The highest BCUT2D eigenvalue weighted by Gasteiger charge is 1.98. The average Bonchev–Trinajstić information content (AvgIpc) is 2.75. The summed E-state index contributed by atoms with van der Waals surface area (Å²) in [6, 6.07) is 0. The van der Waals surface area contributed by atoms with Crippen LogP contribution in [0.2, 0.25) is 0 Å². The van der Waals surface area contributed by atoms with Crippen molar-refractivity contribution in [3.05, 3.63) is 0 Å². The van der Waals surface area contributed by atoms with Crippen LogP contribution in [0.3, 0.4) is 0 Å². The second-order valence-corrected chi connectivity index (χ2v) is 9.01. The predicted octanol–water partition coefficient (Wildman–Crippen LogP) is 8.96. The number of carboxylic acid groups (broad SMARTS) is 2. The Kier molecular flexibility index (Phi) is 24.6. The Bertz CT molecular complexity index is 375. The van der Waals surface area contributed by atoms with E-state index in [1.54, 1.807) is 0 Å². The average molecular weight is 459 g/mol. The molecule has 190 valence electrons. The molecule has 2 N–H and O–H groups in total. The maximum absolute atomic E-state index is 10.2. The Labute approximate surface area is 196 Å². The van der Waals surface area contributed by atoms with Gasteiger partial charge in [-0.1, -0.05) is 128 Å². The lowest BCUT2D eigenvalue weighted by Crippen LogP contribution is -2.01. The summed E-state index contributed by atoms with van der Waals surface area (Å²) in [5, 5.41) is 16.7. The van der Waals surface area contributed by atoms with Crippen molar-refractivity contribution in [2.45, 2.75) is 141 Å². The second-order valence-electron chi connectivity index (χ2n) is 9.01. The van der Waals surface area contributed by atoms with Crippen molar-refractivity contribution in [2.75, 3.05) is 13.2 Å². The molecule has 0 aromatic heterocycles. The first-order chi connectivity index (χ1) is 15.6. The number of carbonyl (C=O) groups is 2. The Balaban J connectivity index is 3.02. The summed E-state index contributed by atoms with van der Waals surface area (Å²) in [5.41, 5.74) is 0. The quantitative estimate of drug-likeness (QED) is 0.105. The van der Waals surface area contributed by atoms with Crippen LogP contribution < -0.4 is 0 Å². The molecule has 0 aliphatic rings. The van der Waals surface area contributed by atoms with E-state index >= 15 is 0 Å². The normalized spacial score (nSPS) is 10.9. The molecule has 0 rings (SSSR count). The number of hydrogen-bond acceptors (Lipinski definition) is 4. The van der Waals surface area contributed by atoms with Gasteiger partial charge in [-0.3, -0.25) is 0 Å². The fourth-order valence-electron chi connectivity index (χ4n) is 4.06. The van der Waals surface area contributed by atoms with Gasteiger partial charge in [-0.15, -0.1) is 0 Å². The lowest BCUT2D eigenvalue weighted by Gasteiger charge is -2.04. The highest BCUT2D eigenvalue weighted by molar-refractivity contribution is 5.56. The second kappa shape index (κ2) is 25.8. The first-order valence-electron chi connectivity index (χ1n) is 13.3. The molecule has 6 heteroatoms. The summed E-state index contributed by atoms with van der Waals surface area (Å²) in [6.45, 7) is 0.679. The van der Waals surface area contributed by atoms with Crippen molar-refractivity contribution in [1.29, 1.82) is 0 Å². The van der Waals surface area contributed by atoms with Crippen molar-refractivity contribution in [1.82, 2.24) is 0 Å². The van der Waals surface area contributed by atoms with Crippen LogP contribution in [0.5, 0.6) is 0 Å². The van der Waals surface area contributed by atoms with Gasteiger partial charge in [-0.2, -0.15) is 0 Å². The minimum Gasteiger partial charge on any atom is -0.450 e. The first kappa shape index (κ1) is 30.5. The van der Waals surface area contributed by atoms with Crippen molar-refractivity contribution >= 4 is 12.3 Å². The minimum absolute atomic E-state index is 0.339. The number of hydrogen-bond donors (Lipinski definition) is 2. The molecular formula is C26H50O6. The van der Waals surface area contributed by atoms with Gasteiger partial charge in [0, 0.05) is 0 Å². The molecule has 0 amide bonds. The fourth-order valence-corrected chi connectivity index (χ4v) is 4.06. The van der Waals surface area contributed by atoms with Gasteiger partial charge < -0.3 is 19.7 Å². The van der Waals surface area contributed by atoms with Crippen molar-refractivity contribution < 1.29 is 29.3 Å². The summed E-state index contributed by atoms with van der Waals surface area (Å²) in [5.74, 6) is 0. The standard InChI is InChI=1S/C26H50O6/c27-25(28)31-23-21-19-17-15-13-11-9-7-5-3-1-2-4-6-8-10-12-14-16-18-20-22-24-32-26(29)30/h1-24H2,(H,27,28)(H,29,30). The maximum atomic E-state index is 10.2. The van der Waals surface area contributed by atoms with E-state index in [2.05, 4.69) is 9.47 Å². The number of unbranched alkanes of at least 4 members (excludes halogenated alkanes) is 21. The highest BCUT2D eigenvalue weighted by atomic mass is 16.7. The Morgan fingerprint density at radius 2 is 0.500 bits per heavy atom. The molecule has 0 saturated carbocycles. The van der Waals surface area contributed by atoms with Crippen molar-refractivity contribution in [3.8, 4) is 0 Å². The van der Waals surface area contributed by atoms with Gasteiger partial charge in [0.25, 0.3) is 0 Å². The SMILES string of the molecule is O=C(O)OCCCCCCCCCCCCCCCCCCCCCCCCOC(=O)O. The molecule has 0 bridgehead atoms. The molecule has 0 heterocycles. The first-order valence-corrected chi connectivity index (χ1v) is 13.3. The Hall–Kier alpha value is -1.46. The molecule has 32 heavy (non-hydrogen) atoms. The van der Waals surface area contributed by atoms with Gasteiger partial charge in [0.2, 0.25) is 0 Å². The van der Waals surface area contributed by atoms with Gasteiger partial charge in [0.15, 0.2) is 0 Å². The van der Waals surface area contributed by atoms with E-state index < -0.39 is 12.3 Å². The number of rotatable bonds is 25. The minimum atomic E-state index is -1.16. The summed E-state index contributed by atoms with van der Waals surface area (Å²) in [6.07, 6.45) is 25.5. The van der Waals surface area contributed by atoms with E-state index in [0.29, 0.717) is 13.2 Å². The number of ether oxygens (including phenoxy) is 2. The molecule has 0 spiro atoms.